The van der Waals surface area contributed by atoms with Gasteiger partial charge in [-0.3, -0.25) is 4.79 Å². The predicted octanol–water partition coefficient (Wildman–Crippen LogP) is 4.15. The number of fused-ring (bicyclic) bond motifs is 1. The van der Waals surface area contributed by atoms with Gasteiger partial charge in [-0.05, 0) is 48.5 Å². The summed E-state index contributed by atoms with van der Waals surface area (Å²) in [5.41, 5.74) is 1.62. The summed E-state index contributed by atoms with van der Waals surface area (Å²) in [7, 11) is 1.65. The Morgan fingerprint density at radius 1 is 0.865 bits per heavy atom. The van der Waals surface area contributed by atoms with E-state index in [-0.39, 0.29) is 0 Å². The smallest absolute Gasteiger partial charge is 0.228 e. The average molecular weight is 500 g/mol. The number of methoxy groups -OCH3 is 1. The molecule has 0 atom stereocenters. The van der Waals surface area contributed by atoms with Crippen LogP contribution in [0, 0.1) is 0 Å². The first-order valence-electron chi connectivity index (χ1n) is 12.2. The van der Waals surface area contributed by atoms with E-state index >= 15 is 0 Å². The van der Waals surface area contributed by atoms with E-state index < -0.39 is 0 Å². The van der Waals surface area contributed by atoms with Crippen molar-refractivity contribution >= 4 is 28.8 Å². The maximum Gasteiger partial charge on any atom is 0.228 e. The molecule has 9 heteroatoms. The fraction of sp³-hybridized carbons (Fsp3) is 0.250. The van der Waals surface area contributed by atoms with Crippen LogP contribution in [0.25, 0.3) is 10.9 Å². The monoisotopic (exact) mass is 499 g/mol. The molecule has 190 valence electrons. The molecular formula is C28H29N5O4. The number of carbonyl (C=O) groups excluding carboxylic acids is 1. The van der Waals surface area contributed by atoms with Crippen molar-refractivity contribution in [3.8, 4) is 17.2 Å². The molecule has 0 spiro atoms. The molecule has 1 aromatic heterocycles. The first-order chi connectivity index (χ1) is 18.2. The van der Waals surface area contributed by atoms with Gasteiger partial charge in [0.15, 0.2) is 0 Å². The average Bonchev–Trinajstić information content (AvgIpc) is 2.95. The highest BCUT2D eigenvalue weighted by Crippen LogP contribution is 2.28. The van der Waals surface area contributed by atoms with Crippen LogP contribution in [0.5, 0.6) is 17.2 Å². The molecule has 5 rings (SSSR count). The van der Waals surface area contributed by atoms with Gasteiger partial charge in [-0.15, -0.1) is 0 Å². The van der Waals surface area contributed by atoms with Crippen molar-refractivity contribution in [1.82, 2.24) is 15.0 Å². The van der Waals surface area contributed by atoms with E-state index in [1.165, 1.54) is 0 Å². The minimum Gasteiger partial charge on any atom is -0.491 e. The Labute approximate surface area is 215 Å². The summed E-state index contributed by atoms with van der Waals surface area (Å²) in [6.07, 6.45) is 2.44. The molecule has 0 bridgehead atoms. The Kier molecular flexibility index (Phi) is 7.73. The van der Waals surface area contributed by atoms with Crippen molar-refractivity contribution in [3.63, 3.8) is 0 Å². The van der Waals surface area contributed by atoms with Crippen LogP contribution in [0.1, 0.15) is 0 Å². The molecule has 1 amide bonds. The third-order valence-electron chi connectivity index (χ3n) is 6.18. The summed E-state index contributed by atoms with van der Waals surface area (Å²) in [4.78, 5) is 23.3. The summed E-state index contributed by atoms with van der Waals surface area (Å²) < 4.78 is 16.6. The molecule has 2 heterocycles. The van der Waals surface area contributed by atoms with Gasteiger partial charge in [0.05, 0.1) is 17.8 Å². The number of hydrogen-bond acceptors (Lipinski definition) is 8. The zero-order valence-corrected chi connectivity index (χ0v) is 20.7. The van der Waals surface area contributed by atoms with E-state index in [2.05, 4.69) is 14.9 Å². The van der Waals surface area contributed by atoms with Crippen molar-refractivity contribution in [2.45, 2.75) is 0 Å². The number of aromatic nitrogens is 2. The lowest BCUT2D eigenvalue weighted by Crippen LogP contribution is -2.54. The number of rotatable bonds is 10. The number of para-hydroxylation sites is 1. The van der Waals surface area contributed by atoms with E-state index in [0.29, 0.717) is 32.1 Å². The van der Waals surface area contributed by atoms with E-state index in [4.69, 9.17) is 14.2 Å². The van der Waals surface area contributed by atoms with Crippen LogP contribution in [0.2, 0.25) is 0 Å². The van der Waals surface area contributed by atoms with Crippen LogP contribution >= 0.6 is 0 Å². The lowest BCUT2D eigenvalue weighted by atomic mass is 10.2. The van der Waals surface area contributed by atoms with Gasteiger partial charge in [-0.1, -0.05) is 18.2 Å². The van der Waals surface area contributed by atoms with Gasteiger partial charge in [-0.2, -0.15) is 0 Å². The normalized spacial score (nSPS) is 13.9. The Balaban J connectivity index is 1.23. The Morgan fingerprint density at radius 2 is 1.59 bits per heavy atom. The molecule has 1 aliphatic heterocycles. The Bertz CT molecular complexity index is 1310. The maximum absolute atomic E-state index is 12.0. The summed E-state index contributed by atoms with van der Waals surface area (Å²) in [6.45, 7) is 3.80. The zero-order valence-electron chi connectivity index (χ0n) is 20.7. The van der Waals surface area contributed by atoms with Crippen molar-refractivity contribution < 1.29 is 19.0 Å². The third kappa shape index (κ3) is 5.79. The van der Waals surface area contributed by atoms with Crippen molar-refractivity contribution in [2.24, 2.45) is 0 Å². The number of nitrogens with zero attached hydrogens (tertiary/aromatic N) is 5. The number of ether oxygens (including phenoxy) is 3. The number of benzene rings is 3. The number of piperazine rings is 1. The van der Waals surface area contributed by atoms with Gasteiger partial charge in [0, 0.05) is 44.7 Å². The molecular weight excluding hydrogens is 470 g/mol. The van der Waals surface area contributed by atoms with Crippen molar-refractivity contribution in [1.29, 1.82) is 0 Å². The molecule has 3 aromatic carbocycles. The SMILES string of the molecule is COCCOc1ccc2c(N3CCN(N(C=O)c4ccc(Oc5ccccc5)cc4)CC3)ncnc2c1. The summed E-state index contributed by atoms with van der Waals surface area (Å²) in [6, 6.07) is 23.0. The van der Waals surface area contributed by atoms with E-state index in [9.17, 15) is 4.79 Å². The van der Waals surface area contributed by atoms with Gasteiger partial charge < -0.3 is 19.1 Å². The van der Waals surface area contributed by atoms with Crippen LogP contribution in [0.3, 0.4) is 0 Å². The molecule has 0 saturated carbocycles. The molecule has 9 nitrogen and oxygen atoms in total. The van der Waals surface area contributed by atoms with Gasteiger partial charge >= 0.3 is 0 Å². The van der Waals surface area contributed by atoms with Gasteiger partial charge in [0.1, 0.15) is 36.0 Å². The summed E-state index contributed by atoms with van der Waals surface area (Å²) >= 11 is 0. The second-order valence-corrected chi connectivity index (χ2v) is 8.52. The third-order valence-corrected chi connectivity index (χ3v) is 6.18. The highest BCUT2D eigenvalue weighted by atomic mass is 16.5. The molecule has 1 aliphatic rings. The molecule has 37 heavy (non-hydrogen) atoms. The summed E-state index contributed by atoms with van der Waals surface area (Å²) in [5, 5.41) is 4.67. The highest BCUT2D eigenvalue weighted by Gasteiger charge is 2.24. The molecule has 0 unspecified atom stereocenters. The Morgan fingerprint density at radius 3 is 2.32 bits per heavy atom. The zero-order chi connectivity index (χ0) is 25.5. The molecule has 0 aliphatic carbocycles. The van der Waals surface area contributed by atoms with Crippen LogP contribution < -0.4 is 19.4 Å². The molecule has 4 aromatic rings. The molecule has 1 fully saturated rings. The van der Waals surface area contributed by atoms with E-state index in [0.717, 1.165) is 53.4 Å². The lowest BCUT2D eigenvalue weighted by molar-refractivity contribution is -0.110. The lowest BCUT2D eigenvalue weighted by Gasteiger charge is -2.39. The second-order valence-electron chi connectivity index (χ2n) is 8.52. The standard InChI is InChI=1S/C28H29N5O4/c1-35-17-18-36-25-11-12-26-27(19-25)29-20-30-28(26)31-13-15-32(16-14-31)33(21-34)22-7-9-24(10-8-22)37-23-5-3-2-4-6-23/h2-12,19-21H,13-18H2,1H3. The van der Waals surface area contributed by atoms with Crippen LogP contribution in [0.4, 0.5) is 11.5 Å². The fourth-order valence-corrected chi connectivity index (χ4v) is 4.31. The topological polar surface area (TPSA) is 80.3 Å². The van der Waals surface area contributed by atoms with E-state index in [1.807, 2.05) is 77.8 Å². The van der Waals surface area contributed by atoms with Crippen molar-refractivity contribution in [3.05, 3.63) is 79.1 Å². The molecule has 1 saturated heterocycles. The predicted molar refractivity (Wildman–Crippen MR) is 142 cm³/mol. The number of carbonyl (C=O) groups is 1. The Hall–Kier alpha value is -4.21. The van der Waals surface area contributed by atoms with Crippen LogP contribution in [-0.4, -0.2) is 67.9 Å². The van der Waals surface area contributed by atoms with Gasteiger partial charge in [0.2, 0.25) is 6.41 Å². The summed E-state index contributed by atoms with van der Waals surface area (Å²) in [5.74, 6) is 3.12. The maximum atomic E-state index is 12.0. The number of anilines is 2. The van der Waals surface area contributed by atoms with Crippen LogP contribution in [0.15, 0.2) is 79.1 Å². The minimum absolute atomic E-state index is 0.484. The number of amides is 1. The minimum atomic E-state index is 0.484. The first kappa shape index (κ1) is 24.5. The second kappa shape index (κ2) is 11.7. The highest BCUT2D eigenvalue weighted by molar-refractivity contribution is 5.90. The fourth-order valence-electron chi connectivity index (χ4n) is 4.31. The van der Waals surface area contributed by atoms with Gasteiger partial charge in [0.25, 0.3) is 0 Å². The molecule has 0 radical (unpaired) electrons. The van der Waals surface area contributed by atoms with Crippen LogP contribution in [-0.2, 0) is 9.53 Å². The van der Waals surface area contributed by atoms with Crippen molar-refractivity contribution in [2.75, 3.05) is 56.4 Å². The number of hydrogen-bond donors (Lipinski definition) is 0. The quantitative estimate of drug-likeness (QED) is 0.238. The largest absolute Gasteiger partial charge is 0.491 e. The number of hydrazine groups is 1. The van der Waals surface area contributed by atoms with E-state index in [1.54, 1.807) is 18.4 Å². The molecule has 0 N–H and O–H groups in total. The van der Waals surface area contributed by atoms with Gasteiger partial charge in [-0.25, -0.2) is 20.0 Å². The first-order valence-corrected chi connectivity index (χ1v) is 12.2.